The fourth-order valence-corrected chi connectivity index (χ4v) is 6.62. The van der Waals surface area contributed by atoms with Crippen molar-refractivity contribution in [2.75, 3.05) is 37.8 Å². The van der Waals surface area contributed by atoms with Crippen LogP contribution < -0.4 is 9.64 Å². The van der Waals surface area contributed by atoms with Crippen LogP contribution in [0, 0.1) is 18.3 Å². The maximum atomic E-state index is 12.7. The molecule has 8 nitrogen and oxygen atoms in total. The van der Waals surface area contributed by atoms with E-state index in [9.17, 15) is 9.90 Å². The van der Waals surface area contributed by atoms with Gasteiger partial charge in [-0.3, -0.25) is 9.97 Å². The molecule has 0 radical (unpaired) electrons. The molecule has 3 aliphatic rings. The highest BCUT2D eigenvalue weighted by Crippen LogP contribution is 2.49. The van der Waals surface area contributed by atoms with E-state index in [4.69, 9.17) is 19.2 Å². The van der Waals surface area contributed by atoms with Crippen molar-refractivity contribution in [2.24, 2.45) is 11.3 Å². The number of pyridine rings is 2. The molecule has 1 N–H and O–H groups in total. The minimum Gasteiger partial charge on any atom is -0.492 e. The lowest BCUT2D eigenvalue weighted by Crippen LogP contribution is -2.40. The van der Waals surface area contributed by atoms with Crippen LogP contribution in [0.25, 0.3) is 11.3 Å². The normalized spacial score (nSPS) is 20.6. The number of hydrogen-bond acceptors (Lipinski definition) is 7. The molecule has 8 heteroatoms. The highest BCUT2D eigenvalue weighted by molar-refractivity contribution is 5.85. The van der Waals surface area contributed by atoms with Gasteiger partial charge in [-0.1, -0.05) is 12.8 Å². The third-order valence-electron chi connectivity index (χ3n) is 8.89. The van der Waals surface area contributed by atoms with Gasteiger partial charge in [-0.2, -0.15) is 0 Å². The molecule has 218 valence electrons. The summed E-state index contributed by atoms with van der Waals surface area (Å²) in [6.45, 7) is 11.6. The molecule has 40 heavy (non-hydrogen) atoms. The number of aromatic nitrogens is 2. The largest absolute Gasteiger partial charge is 0.492 e. The second kappa shape index (κ2) is 12.0. The molecule has 2 saturated heterocycles. The van der Waals surface area contributed by atoms with Gasteiger partial charge in [0.05, 0.1) is 29.8 Å². The Kier molecular flexibility index (Phi) is 8.66. The number of carboxylic acids is 1. The Balaban J connectivity index is 1.48. The van der Waals surface area contributed by atoms with E-state index in [1.54, 1.807) is 6.20 Å². The molecule has 0 amide bonds. The lowest BCUT2D eigenvalue weighted by atomic mass is 9.76. The zero-order valence-corrected chi connectivity index (χ0v) is 24.6. The van der Waals surface area contributed by atoms with Gasteiger partial charge < -0.3 is 24.2 Å². The van der Waals surface area contributed by atoms with E-state index in [-0.39, 0.29) is 0 Å². The van der Waals surface area contributed by atoms with Gasteiger partial charge in [-0.05, 0) is 89.7 Å². The second-order valence-corrected chi connectivity index (χ2v) is 12.9. The number of nitrogens with zero attached hydrogens (tertiary/aromatic N) is 3. The van der Waals surface area contributed by atoms with E-state index >= 15 is 0 Å². The summed E-state index contributed by atoms with van der Waals surface area (Å²) in [5, 5.41) is 10.4. The van der Waals surface area contributed by atoms with Crippen LogP contribution in [-0.4, -0.2) is 59.6 Å². The van der Waals surface area contributed by atoms with E-state index in [0.717, 1.165) is 74.7 Å². The van der Waals surface area contributed by atoms with Gasteiger partial charge in [0.25, 0.3) is 0 Å². The first-order chi connectivity index (χ1) is 19.1. The van der Waals surface area contributed by atoms with Crippen LogP contribution in [0.3, 0.4) is 0 Å². The summed E-state index contributed by atoms with van der Waals surface area (Å²) in [6.07, 6.45) is 12.0. The Hall–Kier alpha value is -2.71. The van der Waals surface area contributed by atoms with Crippen LogP contribution in [0.4, 0.5) is 5.69 Å². The minimum atomic E-state index is -1.13. The van der Waals surface area contributed by atoms with Gasteiger partial charge in [0.2, 0.25) is 0 Å². The Bertz CT molecular complexity index is 1150. The number of anilines is 1. The molecule has 4 heterocycles. The minimum absolute atomic E-state index is 0.439. The Morgan fingerprint density at radius 3 is 2.40 bits per heavy atom. The highest BCUT2D eigenvalue weighted by atomic mass is 16.5. The van der Waals surface area contributed by atoms with E-state index in [0.29, 0.717) is 29.2 Å². The summed E-state index contributed by atoms with van der Waals surface area (Å²) < 4.78 is 17.7. The van der Waals surface area contributed by atoms with Crippen LogP contribution in [-0.2, 0) is 14.3 Å². The number of piperidine rings is 1. The van der Waals surface area contributed by atoms with Crippen molar-refractivity contribution in [1.29, 1.82) is 0 Å². The molecule has 1 spiro atoms. The molecule has 0 bridgehead atoms. The molecule has 2 aliphatic heterocycles. The molecule has 1 aliphatic carbocycles. The SMILES string of the molecule is Cc1ncc(-c2ccc(OCC3CCOCC3)cn2)c(N2CCC3(CCCC3)CC2)c1[C@H](OC(C)(C)C)C(=O)O. The van der Waals surface area contributed by atoms with Gasteiger partial charge in [-0.15, -0.1) is 0 Å². The number of rotatable bonds is 8. The standard InChI is InChI=1S/C32H45N3O5/c1-22-27(29(30(36)37)40-31(2,3)4)28(35-15-13-32(14-16-35)11-5-6-12-32)25(20-33-22)26-8-7-24(19-34-26)39-21-23-9-17-38-18-10-23/h7-8,19-20,23,29H,5-6,9-18,21H2,1-4H3,(H,36,37)/t29-/m0/s1. The summed E-state index contributed by atoms with van der Waals surface area (Å²) in [6, 6.07) is 3.91. The zero-order valence-electron chi connectivity index (χ0n) is 24.6. The zero-order chi connectivity index (χ0) is 28.3. The predicted octanol–water partition coefficient (Wildman–Crippen LogP) is 6.36. The number of carbonyl (C=O) groups is 1. The quantitative estimate of drug-likeness (QED) is 0.405. The van der Waals surface area contributed by atoms with Gasteiger partial charge in [0.15, 0.2) is 6.10 Å². The number of ether oxygens (including phenoxy) is 3. The summed E-state index contributed by atoms with van der Waals surface area (Å²) in [7, 11) is 0. The molecular formula is C32H45N3O5. The topological polar surface area (TPSA) is 94.0 Å². The monoisotopic (exact) mass is 551 g/mol. The van der Waals surface area contributed by atoms with Crippen molar-refractivity contribution in [3.8, 4) is 17.0 Å². The van der Waals surface area contributed by atoms with Crippen molar-refractivity contribution in [2.45, 2.75) is 90.8 Å². The van der Waals surface area contributed by atoms with Crippen molar-refractivity contribution < 1.29 is 24.1 Å². The summed E-state index contributed by atoms with van der Waals surface area (Å²) in [5.41, 5.74) is 3.58. The Morgan fingerprint density at radius 2 is 1.80 bits per heavy atom. The van der Waals surface area contributed by atoms with Crippen molar-refractivity contribution >= 4 is 11.7 Å². The van der Waals surface area contributed by atoms with Gasteiger partial charge in [-0.25, -0.2) is 4.79 Å². The molecular weight excluding hydrogens is 506 g/mol. The van der Waals surface area contributed by atoms with Gasteiger partial charge >= 0.3 is 5.97 Å². The summed E-state index contributed by atoms with van der Waals surface area (Å²) in [4.78, 5) is 24.5. The van der Waals surface area contributed by atoms with Crippen LogP contribution in [0.15, 0.2) is 24.5 Å². The first kappa shape index (κ1) is 28.8. The van der Waals surface area contributed by atoms with E-state index < -0.39 is 17.7 Å². The van der Waals surface area contributed by atoms with Crippen LogP contribution in [0.5, 0.6) is 5.75 Å². The predicted molar refractivity (Wildman–Crippen MR) is 155 cm³/mol. The lowest BCUT2D eigenvalue weighted by molar-refractivity contribution is -0.160. The lowest BCUT2D eigenvalue weighted by Gasteiger charge is -2.42. The maximum Gasteiger partial charge on any atom is 0.337 e. The van der Waals surface area contributed by atoms with Crippen molar-refractivity contribution in [3.63, 3.8) is 0 Å². The molecule has 1 saturated carbocycles. The third-order valence-corrected chi connectivity index (χ3v) is 8.89. The summed E-state index contributed by atoms with van der Waals surface area (Å²) in [5.74, 6) is 0.229. The van der Waals surface area contributed by atoms with E-state index in [1.165, 1.54) is 25.7 Å². The first-order valence-corrected chi connectivity index (χ1v) is 15.0. The number of aryl methyl sites for hydroxylation is 1. The average Bonchev–Trinajstić information content (AvgIpc) is 3.39. The molecule has 2 aromatic rings. The molecule has 0 aromatic carbocycles. The average molecular weight is 552 g/mol. The molecule has 0 unspecified atom stereocenters. The van der Waals surface area contributed by atoms with Gasteiger partial charge in [0.1, 0.15) is 5.75 Å². The number of hydrogen-bond donors (Lipinski definition) is 1. The van der Waals surface area contributed by atoms with Crippen LogP contribution in [0.2, 0.25) is 0 Å². The fraction of sp³-hybridized carbons (Fsp3) is 0.656. The first-order valence-electron chi connectivity index (χ1n) is 15.0. The van der Waals surface area contributed by atoms with Gasteiger partial charge in [0, 0.05) is 49.3 Å². The molecule has 5 rings (SSSR count). The maximum absolute atomic E-state index is 12.7. The third kappa shape index (κ3) is 6.60. The fourth-order valence-electron chi connectivity index (χ4n) is 6.62. The summed E-state index contributed by atoms with van der Waals surface area (Å²) >= 11 is 0. The molecule has 1 atom stereocenters. The second-order valence-electron chi connectivity index (χ2n) is 12.9. The molecule has 3 fully saturated rings. The molecule has 2 aromatic heterocycles. The number of carboxylic acid groups (broad SMARTS) is 1. The van der Waals surface area contributed by atoms with Crippen LogP contribution in [0.1, 0.15) is 89.5 Å². The van der Waals surface area contributed by atoms with Crippen LogP contribution >= 0.6 is 0 Å². The smallest absolute Gasteiger partial charge is 0.337 e. The van der Waals surface area contributed by atoms with Crippen molar-refractivity contribution in [3.05, 3.63) is 35.8 Å². The van der Waals surface area contributed by atoms with E-state index in [1.807, 2.05) is 46.0 Å². The van der Waals surface area contributed by atoms with E-state index in [2.05, 4.69) is 9.88 Å². The highest BCUT2D eigenvalue weighted by Gasteiger charge is 2.40. The Morgan fingerprint density at radius 1 is 1.10 bits per heavy atom. The van der Waals surface area contributed by atoms with Crippen molar-refractivity contribution in [1.82, 2.24) is 9.97 Å². The number of aliphatic carboxylic acids is 1. The Labute approximate surface area is 238 Å².